The number of nitrogen functional groups attached to an aromatic ring is 1. The molecule has 150 valence electrons. The Morgan fingerprint density at radius 2 is 1.97 bits per heavy atom. The number of pyridine rings is 1. The zero-order chi connectivity index (χ0) is 20.8. The lowest BCUT2D eigenvalue weighted by Gasteiger charge is -2.06. The van der Waals surface area contributed by atoms with Crippen molar-refractivity contribution >= 4 is 55.7 Å². The summed E-state index contributed by atoms with van der Waals surface area (Å²) in [6.45, 7) is 0.184. The van der Waals surface area contributed by atoms with Gasteiger partial charge in [-0.2, -0.15) is 0 Å². The van der Waals surface area contributed by atoms with Crippen LogP contribution >= 0.6 is 11.3 Å². The van der Waals surface area contributed by atoms with Crippen molar-refractivity contribution in [3.8, 4) is 11.5 Å². The molecule has 0 unspecified atom stereocenters. The zero-order valence-corrected chi connectivity index (χ0v) is 16.5. The molecule has 0 bridgehead atoms. The van der Waals surface area contributed by atoms with Crippen LogP contribution in [0.25, 0.3) is 21.1 Å². The molecule has 2 aromatic carbocycles. The second-order valence-electron chi connectivity index (χ2n) is 6.61. The van der Waals surface area contributed by atoms with Crippen molar-refractivity contribution < 1.29 is 23.8 Å². The molecule has 30 heavy (non-hydrogen) atoms. The van der Waals surface area contributed by atoms with E-state index in [1.165, 1.54) is 18.4 Å². The molecule has 1 amide bonds. The lowest BCUT2D eigenvalue weighted by atomic mass is 10.1. The molecule has 2 aromatic heterocycles. The first kappa shape index (κ1) is 18.2. The van der Waals surface area contributed by atoms with Crippen LogP contribution in [0, 0.1) is 0 Å². The Bertz CT molecular complexity index is 1350. The fourth-order valence-electron chi connectivity index (χ4n) is 3.29. The Balaban J connectivity index is 1.51. The summed E-state index contributed by atoms with van der Waals surface area (Å²) in [6, 6.07) is 12.0. The summed E-state index contributed by atoms with van der Waals surface area (Å²) in [5.74, 6) is 0.433. The summed E-state index contributed by atoms with van der Waals surface area (Å²) in [5, 5.41) is 4.31. The summed E-state index contributed by atoms with van der Waals surface area (Å²) in [5.41, 5.74) is 8.15. The van der Waals surface area contributed by atoms with E-state index in [0.717, 1.165) is 10.9 Å². The van der Waals surface area contributed by atoms with E-state index in [0.29, 0.717) is 43.5 Å². The van der Waals surface area contributed by atoms with E-state index < -0.39 is 5.97 Å². The molecule has 9 heteroatoms. The maximum absolute atomic E-state index is 12.8. The van der Waals surface area contributed by atoms with Crippen LogP contribution < -0.4 is 20.5 Å². The second kappa shape index (κ2) is 6.89. The monoisotopic (exact) mass is 421 g/mol. The molecule has 0 fully saturated rings. The van der Waals surface area contributed by atoms with E-state index in [2.05, 4.69) is 10.3 Å². The number of benzene rings is 2. The molecule has 8 nitrogen and oxygen atoms in total. The number of amides is 1. The second-order valence-corrected chi connectivity index (χ2v) is 7.61. The number of nitrogens with two attached hydrogens (primary N) is 1. The first-order valence-electron chi connectivity index (χ1n) is 8.95. The van der Waals surface area contributed by atoms with Gasteiger partial charge in [0.1, 0.15) is 9.71 Å². The number of fused-ring (bicyclic) bond motifs is 3. The number of hydrogen-bond acceptors (Lipinski definition) is 8. The van der Waals surface area contributed by atoms with Crippen molar-refractivity contribution in [3.63, 3.8) is 0 Å². The molecular weight excluding hydrogens is 406 g/mol. The highest BCUT2D eigenvalue weighted by molar-refractivity contribution is 7.21. The third-order valence-electron chi connectivity index (χ3n) is 4.76. The summed E-state index contributed by atoms with van der Waals surface area (Å²) in [6.07, 6.45) is 0. The van der Waals surface area contributed by atoms with Crippen LogP contribution in [0.3, 0.4) is 0 Å². The molecule has 0 aliphatic carbocycles. The van der Waals surface area contributed by atoms with Gasteiger partial charge in [-0.1, -0.05) is 6.07 Å². The normalized spacial score (nSPS) is 12.3. The standard InChI is InChI=1S/C21H15N3O5S/c1-27-21(26)10-3-2-4-12(5-10)23-19(25)18-17(22)13-6-11-7-15-16(29-9-28-15)8-14(11)24-20(13)30-18/h2-8H,9,22H2,1H3,(H,23,25). The van der Waals surface area contributed by atoms with E-state index in [1.807, 2.05) is 18.2 Å². The number of aromatic nitrogens is 1. The highest BCUT2D eigenvalue weighted by atomic mass is 32.1. The third kappa shape index (κ3) is 2.96. The van der Waals surface area contributed by atoms with Gasteiger partial charge < -0.3 is 25.3 Å². The number of nitrogens with zero attached hydrogens (tertiary/aromatic N) is 1. The molecule has 1 aliphatic rings. The van der Waals surface area contributed by atoms with Gasteiger partial charge in [0.15, 0.2) is 11.5 Å². The number of carbonyl (C=O) groups excluding carboxylic acids is 2. The lowest BCUT2D eigenvalue weighted by Crippen LogP contribution is -2.12. The van der Waals surface area contributed by atoms with Gasteiger partial charge in [0.25, 0.3) is 5.91 Å². The number of esters is 1. The number of rotatable bonds is 3. The fraction of sp³-hybridized carbons (Fsp3) is 0.0952. The highest BCUT2D eigenvalue weighted by Crippen LogP contribution is 2.39. The van der Waals surface area contributed by atoms with E-state index in [9.17, 15) is 9.59 Å². The molecule has 3 heterocycles. The summed E-state index contributed by atoms with van der Waals surface area (Å²) >= 11 is 1.20. The summed E-state index contributed by atoms with van der Waals surface area (Å²) in [7, 11) is 1.30. The Labute approximate surface area is 174 Å². The smallest absolute Gasteiger partial charge is 0.337 e. The molecule has 0 saturated carbocycles. The molecular formula is C21H15N3O5S. The van der Waals surface area contributed by atoms with E-state index in [1.54, 1.807) is 24.3 Å². The highest BCUT2D eigenvalue weighted by Gasteiger charge is 2.20. The first-order valence-corrected chi connectivity index (χ1v) is 9.77. The molecule has 4 aromatic rings. The zero-order valence-electron chi connectivity index (χ0n) is 15.7. The Hall–Kier alpha value is -3.85. The van der Waals surface area contributed by atoms with Gasteiger partial charge in [-0.25, -0.2) is 9.78 Å². The summed E-state index contributed by atoms with van der Waals surface area (Å²) < 4.78 is 15.5. The Kier molecular flexibility index (Phi) is 4.18. The number of thiophene rings is 1. The van der Waals surface area contributed by atoms with Crippen molar-refractivity contribution in [2.24, 2.45) is 0 Å². The van der Waals surface area contributed by atoms with Crippen molar-refractivity contribution in [2.45, 2.75) is 0 Å². The van der Waals surface area contributed by atoms with Crippen LogP contribution in [0.4, 0.5) is 11.4 Å². The van der Waals surface area contributed by atoms with Crippen LogP contribution in [0.2, 0.25) is 0 Å². The van der Waals surface area contributed by atoms with Gasteiger partial charge in [-0.15, -0.1) is 11.3 Å². The lowest BCUT2D eigenvalue weighted by molar-refractivity contribution is 0.0600. The number of carbonyl (C=O) groups is 2. The molecule has 1 aliphatic heterocycles. The maximum atomic E-state index is 12.8. The van der Waals surface area contributed by atoms with Gasteiger partial charge in [0.2, 0.25) is 6.79 Å². The van der Waals surface area contributed by atoms with Crippen LogP contribution in [0.15, 0.2) is 42.5 Å². The van der Waals surface area contributed by atoms with Crippen molar-refractivity contribution in [2.75, 3.05) is 25.0 Å². The minimum Gasteiger partial charge on any atom is -0.465 e. The number of anilines is 2. The van der Waals surface area contributed by atoms with Gasteiger partial charge in [-0.3, -0.25) is 4.79 Å². The number of nitrogens with one attached hydrogen (secondary N) is 1. The van der Waals surface area contributed by atoms with Gasteiger partial charge >= 0.3 is 5.97 Å². The Morgan fingerprint density at radius 1 is 1.17 bits per heavy atom. The van der Waals surface area contributed by atoms with E-state index >= 15 is 0 Å². The summed E-state index contributed by atoms with van der Waals surface area (Å²) in [4.78, 5) is 30.2. The molecule has 0 spiro atoms. The quantitative estimate of drug-likeness (QED) is 0.484. The third-order valence-corrected chi connectivity index (χ3v) is 5.87. The van der Waals surface area contributed by atoms with Crippen LogP contribution in [-0.4, -0.2) is 30.8 Å². The number of methoxy groups -OCH3 is 1. The minimum absolute atomic E-state index is 0.184. The van der Waals surface area contributed by atoms with Crippen molar-refractivity contribution in [3.05, 3.63) is 52.9 Å². The van der Waals surface area contributed by atoms with Gasteiger partial charge in [0.05, 0.1) is 23.9 Å². The molecule has 5 rings (SSSR count). The average Bonchev–Trinajstić information content (AvgIpc) is 3.34. The molecule has 0 saturated heterocycles. The van der Waals surface area contributed by atoms with E-state index in [4.69, 9.17) is 19.9 Å². The molecule has 3 N–H and O–H groups in total. The average molecular weight is 421 g/mol. The fourth-order valence-corrected chi connectivity index (χ4v) is 4.27. The predicted molar refractivity (Wildman–Crippen MR) is 113 cm³/mol. The number of hydrogen-bond donors (Lipinski definition) is 2. The predicted octanol–water partition coefficient (Wildman–Crippen LogP) is 3.80. The minimum atomic E-state index is -0.483. The maximum Gasteiger partial charge on any atom is 0.337 e. The van der Waals surface area contributed by atoms with Crippen LogP contribution in [0.1, 0.15) is 20.0 Å². The largest absolute Gasteiger partial charge is 0.465 e. The molecule has 0 atom stereocenters. The SMILES string of the molecule is COC(=O)c1cccc(NC(=O)c2sc3nc4cc5c(cc4cc3c2N)OCO5)c1. The number of ether oxygens (including phenoxy) is 3. The van der Waals surface area contributed by atoms with Crippen LogP contribution in [0.5, 0.6) is 11.5 Å². The first-order chi connectivity index (χ1) is 14.5. The molecule has 0 radical (unpaired) electrons. The Morgan fingerprint density at radius 3 is 2.77 bits per heavy atom. The van der Waals surface area contributed by atoms with Gasteiger partial charge in [0, 0.05) is 22.5 Å². The van der Waals surface area contributed by atoms with E-state index in [-0.39, 0.29) is 12.7 Å². The van der Waals surface area contributed by atoms with Crippen molar-refractivity contribution in [1.29, 1.82) is 0 Å². The van der Waals surface area contributed by atoms with Crippen LogP contribution in [-0.2, 0) is 4.74 Å². The van der Waals surface area contributed by atoms with Gasteiger partial charge in [-0.05, 0) is 30.3 Å². The topological polar surface area (TPSA) is 113 Å². The van der Waals surface area contributed by atoms with Crippen molar-refractivity contribution in [1.82, 2.24) is 4.98 Å².